The summed E-state index contributed by atoms with van der Waals surface area (Å²) < 4.78 is 7.53. The first-order chi connectivity index (χ1) is 11.8. The molecule has 140 valence electrons. The number of carboxylic acids is 1. The summed E-state index contributed by atoms with van der Waals surface area (Å²) >= 11 is 0. The van der Waals surface area contributed by atoms with Crippen molar-refractivity contribution in [2.24, 2.45) is 5.92 Å². The summed E-state index contributed by atoms with van der Waals surface area (Å²) in [7, 11) is 0. The first-order valence-electron chi connectivity index (χ1n) is 9.39. The molecule has 1 fully saturated rings. The van der Waals surface area contributed by atoms with Crippen LogP contribution in [0.15, 0.2) is 12.3 Å². The Hall–Kier alpha value is -1.78. The van der Waals surface area contributed by atoms with E-state index in [0.717, 1.165) is 24.6 Å². The van der Waals surface area contributed by atoms with Gasteiger partial charge in [0.2, 0.25) is 0 Å². The van der Waals surface area contributed by atoms with Crippen LogP contribution in [-0.4, -0.2) is 27.2 Å². The van der Waals surface area contributed by atoms with Crippen LogP contribution in [0.1, 0.15) is 81.8 Å². The molecule has 2 rings (SSSR count). The van der Waals surface area contributed by atoms with E-state index in [0.29, 0.717) is 12.0 Å². The lowest BCUT2D eigenvalue weighted by Crippen LogP contribution is -2.24. The van der Waals surface area contributed by atoms with Crippen molar-refractivity contribution in [1.29, 1.82) is 0 Å². The standard InChI is InChI=1S/C20H31NO4/c1-20(2,3)25-19(24)16-12-14-21(17(16)9-10-18(22)23)13-11-15-7-5-4-6-8-15/h12,14-15H,4-11,13H2,1-3H3,(H,22,23). The van der Waals surface area contributed by atoms with E-state index in [4.69, 9.17) is 9.84 Å². The van der Waals surface area contributed by atoms with Crippen LogP contribution >= 0.6 is 0 Å². The third-order valence-electron chi connectivity index (χ3n) is 4.78. The van der Waals surface area contributed by atoms with Gasteiger partial charge in [0.1, 0.15) is 5.60 Å². The van der Waals surface area contributed by atoms with Gasteiger partial charge in [-0.1, -0.05) is 32.1 Å². The molecule has 1 aromatic heterocycles. The molecule has 0 aromatic carbocycles. The largest absolute Gasteiger partial charge is 0.481 e. The zero-order chi connectivity index (χ0) is 18.4. The molecule has 1 aromatic rings. The SMILES string of the molecule is CC(C)(C)OC(=O)c1ccn(CCC2CCCCC2)c1CCC(=O)O. The second-order valence-electron chi connectivity index (χ2n) is 8.06. The number of carbonyl (C=O) groups is 2. The number of esters is 1. The van der Waals surface area contributed by atoms with Gasteiger partial charge in [0.05, 0.1) is 12.0 Å². The Morgan fingerprint density at radius 3 is 2.52 bits per heavy atom. The van der Waals surface area contributed by atoms with E-state index in [1.807, 2.05) is 27.0 Å². The van der Waals surface area contributed by atoms with E-state index >= 15 is 0 Å². The molecular weight excluding hydrogens is 318 g/mol. The van der Waals surface area contributed by atoms with E-state index < -0.39 is 11.6 Å². The summed E-state index contributed by atoms with van der Waals surface area (Å²) in [5, 5.41) is 9.03. The maximum absolute atomic E-state index is 12.5. The van der Waals surface area contributed by atoms with Gasteiger partial charge in [0, 0.05) is 18.4 Å². The maximum atomic E-state index is 12.5. The van der Waals surface area contributed by atoms with Crippen molar-refractivity contribution in [1.82, 2.24) is 4.57 Å². The zero-order valence-electron chi connectivity index (χ0n) is 15.7. The Kier molecular flexibility index (Phi) is 6.68. The highest BCUT2D eigenvalue weighted by Crippen LogP contribution is 2.27. The summed E-state index contributed by atoms with van der Waals surface area (Å²) in [5.74, 6) is -0.479. The monoisotopic (exact) mass is 349 g/mol. The molecule has 5 heteroatoms. The number of aryl methyl sites for hydroxylation is 1. The quantitative estimate of drug-likeness (QED) is 0.739. The first-order valence-corrected chi connectivity index (χ1v) is 9.39. The molecule has 0 radical (unpaired) electrons. The van der Waals surface area contributed by atoms with Crippen LogP contribution in [0.4, 0.5) is 0 Å². The third-order valence-corrected chi connectivity index (χ3v) is 4.78. The summed E-state index contributed by atoms with van der Waals surface area (Å²) in [4.78, 5) is 23.5. The van der Waals surface area contributed by atoms with Crippen molar-refractivity contribution in [2.45, 2.75) is 84.3 Å². The minimum Gasteiger partial charge on any atom is -0.481 e. The number of aromatic nitrogens is 1. The molecule has 1 saturated carbocycles. The Labute approximate surface area is 150 Å². The Bertz CT molecular complexity index is 591. The van der Waals surface area contributed by atoms with Gasteiger partial charge < -0.3 is 14.4 Å². The highest BCUT2D eigenvalue weighted by Gasteiger charge is 2.23. The average molecular weight is 349 g/mol. The molecular formula is C20H31NO4. The molecule has 1 aliphatic rings. The van der Waals surface area contributed by atoms with Crippen LogP contribution in [0, 0.1) is 5.92 Å². The number of ether oxygens (including phenoxy) is 1. The molecule has 0 unspecified atom stereocenters. The summed E-state index contributed by atoms with van der Waals surface area (Å²) in [6, 6.07) is 1.77. The Balaban J connectivity index is 2.11. The van der Waals surface area contributed by atoms with Crippen LogP contribution in [0.5, 0.6) is 0 Å². The number of carbonyl (C=O) groups excluding carboxylic acids is 1. The topological polar surface area (TPSA) is 68.5 Å². The second-order valence-corrected chi connectivity index (χ2v) is 8.06. The summed E-state index contributed by atoms with van der Waals surface area (Å²) in [6.45, 7) is 6.34. The van der Waals surface area contributed by atoms with Crippen LogP contribution in [0.25, 0.3) is 0 Å². The van der Waals surface area contributed by atoms with E-state index in [2.05, 4.69) is 4.57 Å². The lowest BCUT2D eigenvalue weighted by atomic mass is 9.87. The predicted molar refractivity (Wildman–Crippen MR) is 96.7 cm³/mol. The van der Waals surface area contributed by atoms with Crippen molar-refractivity contribution in [3.8, 4) is 0 Å². The molecule has 0 aliphatic heterocycles. The van der Waals surface area contributed by atoms with Gasteiger partial charge in [-0.15, -0.1) is 0 Å². The van der Waals surface area contributed by atoms with Crippen molar-refractivity contribution in [3.05, 3.63) is 23.5 Å². The minimum absolute atomic E-state index is 0.0171. The molecule has 1 N–H and O–H groups in total. The molecule has 0 saturated heterocycles. The Morgan fingerprint density at radius 2 is 1.92 bits per heavy atom. The van der Waals surface area contributed by atoms with Gasteiger partial charge in [-0.2, -0.15) is 0 Å². The van der Waals surface area contributed by atoms with Crippen LogP contribution in [0.2, 0.25) is 0 Å². The molecule has 0 bridgehead atoms. The van der Waals surface area contributed by atoms with Crippen molar-refractivity contribution in [3.63, 3.8) is 0 Å². The fourth-order valence-electron chi connectivity index (χ4n) is 3.53. The molecule has 1 aliphatic carbocycles. The molecule has 5 nitrogen and oxygen atoms in total. The molecule has 1 heterocycles. The highest BCUT2D eigenvalue weighted by molar-refractivity contribution is 5.91. The third kappa shape index (κ3) is 6.22. The molecule has 0 amide bonds. The lowest BCUT2D eigenvalue weighted by molar-refractivity contribution is -0.137. The zero-order valence-corrected chi connectivity index (χ0v) is 15.7. The number of rotatable bonds is 7. The van der Waals surface area contributed by atoms with Crippen LogP contribution in [-0.2, 0) is 22.5 Å². The van der Waals surface area contributed by atoms with Crippen molar-refractivity contribution in [2.75, 3.05) is 0 Å². The fraction of sp³-hybridized carbons (Fsp3) is 0.700. The Morgan fingerprint density at radius 1 is 1.24 bits per heavy atom. The predicted octanol–water partition coefficient (Wildman–Crippen LogP) is 4.43. The van der Waals surface area contributed by atoms with Gasteiger partial charge in [-0.3, -0.25) is 4.79 Å². The maximum Gasteiger partial charge on any atom is 0.340 e. The van der Waals surface area contributed by atoms with Crippen molar-refractivity contribution < 1.29 is 19.4 Å². The number of nitrogens with zero attached hydrogens (tertiary/aromatic N) is 1. The van der Waals surface area contributed by atoms with Crippen LogP contribution in [0.3, 0.4) is 0 Å². The van der Waals surface area contributed by atoms with Gasteiger partial charge in [-0.05, 0) is 45.6 Å². The molecule has 0 spiro atoms. The highest BCUT2D eigenvalue weighted by atomic mass is 16.6. The van der Waals surface area contributed by atoms with E-state index in [9.17, 15) is 9.59 Å². The van der Waals surface area contributed by atoms with E-state index in [1.165, 1.54) is 32.1 Å². The van der Waals surface area contributed by atoms with Crippen molar-refractivity contribution >= 4 is 11.9 Å². The second kappa shape index (κ2) is 8.54. The minimum atomic E-state index is -0.852. The first kappa shape index (κ1) is 19.5. The summed E-state index contributed by atoms with van der Waals surface area (Å²) in [6.07, 6.45) is 9.88. The number of carboxylic acid groups (broad SMARTS) is 1. The molecule has 25 heavy (non-hydrogen) atoms. The van der Waals surface area contributed by atoms with Gasteiger partial charge in [-0.25, -0.2) is 4.79 Å². The molecule has 0 atom stereocenters. The van der Waals surface area contributed by atoms with Gasteiger partial charge in [0.15, 0.2) is 0 Å². The summed E-state index contributed by atoms with van der Waals surface area (Å²) in [5.41, 5.74) is 0.720. The van der Waals surface area contributed by atoms with E-state index in [1.54, 1.807) is 6.07 Å². The van der Waals surface area contributed by atoms with Gasteiger partial charge >= 0.3 is 11.9 Å². The normalized spacial score (nSPS) is 16.0. The lowest BCUT2D eigenvalue weighted by Gasteiger charge is -2.22. The smallest absolute Gasteiger partial charge is 0.340 e. The fourth-order valence-corrected chi connectivity index (χ4v) is 3.53. The number of hydrogen-bond donors (Lipinski definition) is 1. The average Bonchev–Trinajstić information content (AvgIpc) is 2.93. The number of aliphatic carboxylic acids is 1. The van der Waals surface area contributed by atoms with Gasteiger partial charge in [0.25, 0.3) is 0 Å². The number of hydrogen-bond acceptors (Lipinski definition) is 3. The van der Waals surface area contributed by atoms with Crippen LogP contribution < -0.4 is 0 Å². The van der Waals surface area contributed by atoms with E-state index in [-0.39, 0.29) is 12.4 Å².